The van der Waals surface area contributed by atoms with E-state index in [-0.39, 0.29) is 0 Å². The Bertz CT molecular complexity index is 344. The average Bonchev–Trinajstić information content (AvgIpc) is 2.21. The molecule has 1 aromatic carbocycles. The summed E-state index contributed by atoms with van der Waals surface area (Å²) in [6, 6.07) is 6.43. The molecule has 0 heterocycles. The molecule has 15 heavy (non-hydrogen) atoms. The van der Waals surface area contributed by atoms with Crippen LogP contribution in [-0.4, -0.2) is 20.1 Å². The number of benzene rings is 1. The van der Waals surface area contributed by atoms with Crippen LogP contribution in [0.25, 0.3) is 0 Å². The van der Waals surface area contributed by atoms with Crippen molar-refractivity contribution in [2.24, 2.45) is 5.73 Å². The second-order valence-electron chi connectivity index (χ2n) is 3.81. The Hall–Kier alpha value is -0.591. The third-order valence-corrected chi connectivity index (χ3v) is 3.02. The van der Waals surface area contributed by atoms with Crippen molar-refractivity contribution in [3.63, 3.8) is 0 Å². The third kappa shape index (κ3) is 3.19. The SMILES string of the molecule is CCCc1cccc(C(N)=[Se])c1CCC. The van der Waals surface area contributed by atoms with E-state index in [0.717, 1.165) is 17.4 Å². The summed E-state index contributed by atoms with van der Waals surface area (Å²) in [7, 11) is 0. The normalized spacial score (nSPS) is 10.3. The van der Waals surface area contributed by atoms with Gasteiger partial charge in [-0.2, -0.15) is 0 Å². The zero-order valence-electron chi connectivity index (χ0n) is 9.55. The van der Waals surface area contributed by atoms with E-state index in [9.17, 15) is 0 Å². The monoisotopic (exact) mass is 269 g/mol. The molecule has 0 atom stereocenters. The van der Waals surface area contributed by atoms with E-state index < -0.39 is 0 Å². The van der Waals surface area contributed by atoms with Gasteiger partial charge in [0.2, 0.25) is 0 Å². The van der Waals surface area contributed by atoms with Gasteiger partial charge < -0.3 is 0 Å². The van der Waals surface area contributed by atoms with Crippen molar-refractivity contribution in [1.82, 2.24) is 0 Å². The summed E-state index contributed by atoms with van der Waals surface area (Å²) in [5, 5.41) is 0. The molecular weight excluding hydrogens is 249 g/mol. The molecule has 0 aliphatic heterocycles. The molecule has 82 valence electrons. The quantitative estimate of drug-likeness (QED) is 0.814. The Kier molecular flexibility index (Phi) is 5.07. The van der Waals surface area contributed by atoms with Gasteiger partial charge in [0.15, 0.2) is 0 Å². The van der Waals surface area contributed by atoms with Crippen LogP contribution in [0.15, 0.2) is 18.2 Å². The van der Waals surface area contributed by atoms with E-state index >= 15 is 0 Å². The van der Waals surface area contributed by atoms with Crippen LogP contribution in [0.2, 0.25) is 0 Å². The van der Waals surface area contributed by atoms with E-state index in [1.54, 1.807) is 0 Å². The van der Waals surface area contributed by atoms with Crippen LogP contribution in [-0.2, 0) is 12.8 Å². The Balaban J connectivity index is 3.15. The molecule has 2 heteroatoms. The van der Waals surface area contributed by atoms with E-state index in [4.69, 9.17) is 5.73 Å². The second-order valence-corrected chi connectivity index (χ2v) is 4.73. The molecular formula is C13H19NSe. The van der Waals surface area contributed by atoms with Gasteiger partial charge in [0.1, 0.15) is 0 Å². The zero-order valence-corrected chi connectivity index (χ0v) is 11.3. The van der Waals surface area contributed by atoms with Gasteiger partial charge in [-0.05, 0) is 0 Å². The Morgan fingerprint density at radius 2 is 1.87 bits per heavy atom. The molecule has 1 nitrogen and oxygen atoms in total. The number of hydrogen-bond donors (Lipinski definition) is 1. The molecule has 0 saturated heterocycles. The van der Waals surface area contributed by atoms with Gasteiger partial charge in [0, 0.05) is 0 Å². The molecule has 0 spiro atoms. The fourth-order valence-electron chi connectivity index (χ4n) is 1.91. The topological polar surface area (TPSA) is 26.0 Å². The first kappa shape index (κ1) is 12.5. The fourth-order valence-corrected chi connectivity index (χ4v) is 2.32. The molecule has 2 N–H and O–H groups in total. The van der Waals surface area contributed by atoms with Crippen molar-refractivity contribution in [3.05, 3.63) is 34.9 Å². The summed E-state index contributed by atoms with van der Waals surface area (Å²) >= 11 is 2.92. The van der Waals surface area contributed by atoms with Crippen molar-refractivity contribution in [2.75, 3.05) is 0 Å². The summed E-state index contributed by atoms with van der Waals surface area (Å²) in [5.74, 6) is 0. The number of rotatable bonds is 5. The van der Waals surface area contributed by atoms with E-state index in [1.807, 2.05) is 0 Å². The van der Waals surface area contributed by atoms with Crippen molar-refractivity contribution >= 4 is 20.1 Å². The molecule has 0 saturated carbocycles. The van der Waals surface area contributed by atoms with Gasteiger partial charge in [-0.1, -0.05) is 0 Å². The number of aryl methyl sites for hydroxylation is 1. The van der Waals surface area contributed by atoms with Gasteiger partial charge in [-0.15, -0.1) is 0 Å². The molecule has 0 aliphatic rings. The second kappa shape index (κ2) is 6.09. The molecule has 0 fully saturated rings. The van der Waals surface area contributed by atoms with Gasteiger partial charge >= 0.3 is 100 Å². The van der Waals surface area contributed by atoms with Crippen molar-refractivity contribution < 1.29 is 0 Å². The number of nitrogens with two attached hydrogens (primary N) is 1. The minimum atomic E-state index is 0.816. The summed E-state index contributed by atoms with van der Waals surface area (Å²) in [6.45, 7) is 4.43. The van der Waals surface area contributed by atoms with Crippen LogP contribution in [0.4, 0.5) is 0 Å². The van der Waals surface area contributed by atoms with E-state index in [1.165, 1.54) is 29.5 Å². The van der Waals surface area contributed by atoms with Crippen molar-refractivity contribution in [1.29, 1.82) is 0 Å². The summed E-state index contributed by atoms with van der Waals surface area (Å²) < 4.78 is 0.816. The first-order chi connectivity index (χ1) is 7.20. The average molecular weight is 268 g/mol. The molecule has 0 amide bonds. The Labute approximate surface area is 100 Å². The summed E-state index contributed by atoms with van der Waals surface area (Å²) in [4.78, 5) is 0. The van der Waals surface area contributed by atoms with E-state index in [2.05, 4.69) is 47.6 Å². The molecule has 0 aliphatic carbocycles. The van der Waals surface area contributed by atoms with Crippen LogP contribution >= 0.6 is 0 Å². The van der Waals surface area contributed by atoms with Crippen LogP contribution in [0.1, 0.15) is 43.4 Å². The van der Waals surface area contributed by atoms with Gasteiger partial charge in [-0.25, -0.2) is 0 Å². The fraction of sp³-hybridized carbons (Fsp3) is 0.462. The standard InChI is InChI=1S/C13H19NSe/c1-3-6-10-8-5-9-12(13(14)15)11(10)7-4-2/h5,8-9H,3-4,6-7H2,1-2H3,(H2,14,15). The number of hydrogen-bond acceptors (Lipinski definition) is 1. The molecule has 0 radical (unpaired) electrons. The van der Waals surface area contributed by atoms with Gasteiger partial charge in [0.25, 0.3) is 0 Å². The maximum absolute atomic E-state index is 5.87. The van der Waals surface area contributed by atoms with Crippen molar-refractivity contribution in [3.8, 4) is 0 Å². The Morgan fingerprint density at radius 3 is 2.40 bits per heavy atom. The van der Waals surface area contributed by atoms with Crippen LogP contribution < -0.4 is 5.73 Å². The first-order valence-corrected chi connectivity index (χ1v) is 6.46. The zero-order chi connectivity index (χ0) is 11.3. The summed E-state index contributed by atoms with van der Waals surface area (Å²) in [6.07, 6.45) is 4.62. The molecule has 0 aromatic heterocycles. The minimum absolute atomic E-state index is 0.816. The van der Waals surface area contributed by atoms with Gasteiger partial charge in [0.05, 0.1) is 0 Å². The predicted octanol–water partition coefficient (Wildman–Crippen LogP) is 2.20. The first-order valence-electron chi connectivity index (χ1n) is 5.61. The van der Waals surface area contributed by atoms with Gasteiger partial charge in [-0.3, -0.25) is 0 Å². The molecule has 0 bridgehead atoms. The molecule has 0 unspecified atom stereocenters. The van der Waals surface area contributed by atoms with Crippen molar-refractivity contribution in [2.45, 2.75) is 39.5 Å². The maximum atomic E-state index is 5.87. The van der Waals surface area contributed by atoms with Crippen LogP contribution in [0, 0.1) is 0 Å². The third-order valence-electron chi connectivity index (χ3n) is 2.56. The Morgan fingerprint density at radius 1 is 1.20 bits per heavy atom. The summed E-state index contributed by atoms with van der Waals surface area (Å²) in [5.41, 5.74) is 9.95. The van der Waals surface area contributed by atoms with Crippen LogP contribution in [0.5, 0.6) is 0 Å². The molecule has 1 rings (SSSR count). The molecule has 1 aromatic rings. The van der Waals surface area contributed by atoms with Crippen LogP contribution in [0.3, 0.4) is 0 Å². The predicted molar refractivity (Wildman–Crippen MR) is 68.5 cm³/mol. The van der Waals surface area contributed by atoms with E-state index in [0.29, 0.717) is 0 Å².